The van der Waals surface area contributed by atoms with Crippen LogP contribution in [0.5, 0.6) is 0 Å². The quantitative estimate of drug-likeness (QED) is 0.494. The van der Waals surface area contributed by atoms with Crippen molar-refractivity contribution in [2.24, 2.45) is 0 Å². The topological polar surface area (TPSA) is 43.1 Å². The molecule has 116 valence electrons. The first-order chi connectivity index (χ1) is 11.7. The van der Waals surface area contributed by atoms with Crippen molar-refractivity contribution in [2.45, 2.75) is 5.92 Å². The molecule has 1 atom stereocenters. The molecule has 1 unspecified atom stereocenters. The van der Waals surface area contributed by atoms with E-state index in [0.717, 1.165) is 5.56 Å². The van der Waals surface area contributed by atoms with Crippen LogP contribution in [0.4, 0.5) is 5.69 Å². The Hall–Kier alpha value is -3.20. The van der Waals surface area contributed by atoms with Gasteiger partial charge in [0.25, 0.3) is 5.69 Å². The Morgan fingerprint density at radius 3 is 2.17 bits per heavy atom. The number of nitro benzene ring substituents is 1. The van der Waals surface area contributed by atoms with Gasteiger partial charge in [0.05, 0.1) is 4.92 Å². The van der Waals surface area contributed by atoms with Crippen LogP contribution in [0.2, 0.25) is 0 Å². The molecule has 1 aliphatic carbocycles. The van der Waals surface area contributed by atoms with Gasteiger partial charge in [-0.15, -0.1) is 0 Å². The third kappa shape index (κ3) is 2.40. The summed E-state index contributed by atoms with van der Waals surface area (Å²) < 4.78 is 0. The van der Waals surface area contributed by atoms with E-state index in [1.54, 1.807) is 12.1 Å². The maximum Gasteiger partial charge on any atom is 0.269 e. The minimum absolute atomic E-state index is 0.122. The molecular weight excluding hydrogens is 298 g/mol. The summed E-state index contributed by atoms with van der Waals surface area (Å²) in [7, 11) is 0. The van der Waals surface area contributed by atoms with E-state index in [4.69, 9.17) is 0 Å². The number of nitro groups is 1. The molecule has 0 amide bonds. The summed E-state index contributed by atoms with van der Waals surface area (Å²) in [4.78, 5) is 10.5. The van der Waals surface area contributed by atoms with E-state index in [0.29, 0.717) is 0 Å². The number of nitrogens with zero attached hydrogens (tertiary/aromatic N) is 1. The summed E-state index contributed by atoms with van der Waals surface area (Å²) in [6.07, 6.45) is 2.25. The fourth-order valence-electron chi connectivity index (χ4n) is 3.31. The molecule has 3 aromatic rings. The van der Waals surface area contributed by atoms with Gasteiger partial charge in [-0.05, 0) is 27.8 Å². The van der Waals surface area contributed by atoms with Gasteiger partial charge >= 0.3 is 0 Å². The van der Waals surface area contributed by atoms with Gasteiger partial charge in [-0.2, -0.15) is 0 Å². The second-order valence-corrected chi connectivity index (χ2v) is 5.86. The molecule has 3 nitrogen and oxygen atoms in total. The third-order valence-electron chi connectivity index (χ3n) is 4.47. The lowest BCUT2D eigenvalue weighted by Gasteiger charge is -2.11. The molecule has 4 rings (SSSR count). The highest BCUT2D eigenvalue weighted by Crippen LogP contribution is 2.42. The molecule has 3 aromatic carbocycles. The molecule has 0 fully saturated rings. The number of fused-ring (bicyclic) bond motifs is 1. The summed E-state index contributed by atoms with van der Waals surface area (Å²) in [5.74, 6) is 0.122. The molecule has 0 spiro atoms. The van der Waals surface area contributed by atoms with Gasteiger partial charge in [0, 0.05) is 18.1 Å². The van der Waals surface area contributed by atoms with Gasteiger partial charge in [-0.25, -0.2) is 0 Å². The normalized spacial score (nSPS) is 15.7. The number of rotatable bonds is 3. The zero-order chi connectivity index (χ0) is 16.5. The molecule has 0 N–H and O–H groups in total. The van der Waals surface area contributed by atoms with E-state index >= 15 is 0 Å². The molecule has 0 bridgehead atoms. The number of hydrogen-bond donors (Lipinski definition) is 0. The molecule has 3 heteroatoms. The Morgan fingerprint density at radius 1 is 0.792 bits per heavy atom. The SMILES string of the molecule is O=[N+]([O-])c1ccc(C2C=C(c3ccccc3)c3ccccc32)cc1. The molecular formula is C21H15NO2. The van der Waals surface area contributed by atoms with Gasteiger partial charge < -0.3 is 0 Å². The second-order valence-electron chi connectivity index (χ2n) is 5.86. The number of benzene rings is 3. The largest absolute Gasteiger partial charge is 0.269 e. The zero-order valence-electron chi connectivity index (χ0n) is 12.9. The Bertz CT molecular complexity index is 928. The predicted octanol–water partition coefficient (Wildman–Crippen LogP) is 5.17. The van der Waals surface area contributed by atoms with E-state index in [1.807, 2.05) is 42.5 Å². The highest BCUT2D eigenvalue weighted by Gasteiger charge is 2.25. The van der Waals surface area contributed by atoms with Crippen molar-refractivity contribution in [2.75, 3.05) is 0 Å². The van der Waals surface area contributed by atoms with Crippen LogP contribution in [0.1, 0.15) is 28.2 Å². The van der Waals surface area contributed by atoms with Crippen LogP contribution < -0.4 is 0 Å². The van der Waals surface area contributed by atoms with E-state index in [1.165, 1.54) is 22.3 Å². The lowest BCUT2D eigenvalue weighted by atomic mass is 9.93. The number of hydrogen-bond acceptors (Lipinski definition) is 2. The molecule has 0 heterocycles. The lowest BCUT2D eigenvalue weighted by molar-refractivity contribution is -0.384. The predicted molar refractivity (Wildman–Crippen MR) is 94.9 cm³/mol. The van der Waals surface area contributed by atoms with Gasteiger partial charge in [-0.3, -0.25) is 10.1 Å². The van der Waals surface area contributed by atoms with Crippen molar-refractivity contribution in [3.63, 3.8) is 0 Å². The first-order valence-corrected chi connectivity index (χ1v) is 7.85. The van der Waals surface area contributed by atoms with Gasteiger partial charge in [-0.1, -0.05) is 72.8 Å². The minimum Gasteiger partial charge on any atom is -0.258 e. The van der Waals surface area contributed by atoms with Crippen molar-refractivity contribution in [3.8, 4) is 0 Å². The van der Waals surface area contributed by atoms with Crippen LogP contribution in [-0.2, 0) is 0 Å². The smallest absolute Gasteiger partial charge is 0.258 e. The van der Waals surface area contributed by atoms with Crippen LogP contribution in [-0.4, -0.2) is 4.92 Å². The number of non-ortho nitro benzene ring substituents is 1. The van der Waals surface area contributed by atoms with Gasteiger partial charge in [0.2, 0.25) is 0 Å². The average molecular weight is 313 g/mol. The summed E-state index contributed by atoms with van der Waals surface area (Å²) in [5, 5.41) is 10.9. The minimum atomic E-state index is -0.363. The zero-order valence-corrected chi connectivity index (χ0v) is 12.9. The number of allylic oxidation sites excluding steroid dienone is 1. The highest BCUT2D eigenvalue weighted by molar-refractivity contribution is 5.86. The van der Waals surface area contributed by atoms with Crippen molar-refractivity contribution in [1.29, 1.82) is 0 Å². The van der Waals surface area contributed by atoms with Crippen LogP contribution in [0, 0.1) is 10.1 Å². The monoisotopic (exact) mass is 313 g/mol. The molecule has 24 heavy (non-hydrogen) atoms. The molecule has 0 aliphatic heterocycles. The highest BCUT2D eigenvalue weighted by atomic mass is 16.6. The maximum atomic E-state index is 10.9. The summed E-state index contributed by atoms with van der Waals surface area (Å²) in [5.41, 5.74) is 6.07. The Labute approximate surface area is 140 Å². The maximum absolute atomic E-state index is 10.9. The standard InChI is InChI=1S/C21H15NO2/c23-22(24)17-12-10-16(11-13-17)21-14-20(15-6-2-1-3-7-15)18-8-4-5-9-19(18)21/h1-14,21H. The summed E-state index contributed by atoms with van der Waals surface area (Å²) in [6, 6.07) is 25.5. The summed E-state index contributed by atoms with van der Waals surface area (Å²) in [6.45, 7) is 0. The molecule has 0 saturated heterocycles. The molecule has 0 radical (unpaired) electrons. The van der Waals surface area contributed by atoms with E-state index in [-0.39, 0.29) is 16.5 Å². The second kappa shape index (κ2) is 5.78. The van der Waals surface area contributed by atoms with Crippen LogP contribution in [0.25, 0.3) is 5.57 Å². The van der Waals surface area contributed by atoms with Crippen LogP contribution >= 0.6 is 0 Å². The Kier molecular flexibility index (Phi) is 3.47. The van der Waals surface area contributed by atoms with E-state index in [2.05, 4.69) is 30.3 Å². The van der Waals surface area contributed by atoms with Gasteiger partial charge in [0.15, 0.2) is 0 Å². The molecule has 0 saturated carbocycles. The van der Waals surface area contributed by atoms with Gasteiger partial charge in [0.1, 0.15) is 0 Å². The van der Waals surface area contributed by atoms with Crippen molar-refractivity contribution in [3.05, 3.63) is 117 Å². The van der Waals surface area contributed by atoms with Crippen molar-refractivity contribution >= 4 is 11.3 Å². The lowest BCUT2D eigenvalue weighted by Crippen LogP contribution is -1.96. The van der Waals surface area contributed by atoms with Crippen molar-refractivity contribution < 1.29 is 4.92 Å². The molecule has 1 aliphatic rings. The Morgan fingerprint density at radius 2 is 1.46 bits per heavy atom. The first-order valence-electron chi connectivity index (χ1n) is 7.85. The van der Waals surface area contributed by atoms with Crippen molar-refractivity contribution in [1.82, 2.24) is 0 Å². The molecule has 0 aromatic heterocycles. The van der Waals surface area contributed by atoms with Crippen LogP contribution in [0.3, 0.4) is 0 Å². The van der Waals surface area contributed by atoms with E-state index in [9.17, 15) is 10.1 Å². The fraction of sp³-hybridized carbons (Fsp3) is 0.0476. The Balaban J connectivity index is 1.81. The van der Waals surface area contributed by atoms with Crippen LogP contribution in [0.15, 0.2) is 84.9 Å². The third-order valence-corrected chi connectivity index (χ3v) is 4.47. The average Bonchev–Trinajstić information content (AvgIpc) is 3.02. The van der Waals surface area contributed by atoms with E-state index < -0.39 is 0 Å². The first kappa shape index (κ1) is 14.4. The fourth-order valence-corrected chi connectivity index (χ4v) is 3.31. The summed E-state index contributed by atoms with van der Waals surface area (Å²) >= 11 is 0.